The molecule has 0 aliphatic rings. The van der Waals surface area contributed by atoms with Crippen LogP contribution >= 0.6 is 0 Å². The van der Waals surface area contributed by atoms with Crippen molar-refractivity contribution in [3.63, 3.8) is 0 Å². The van der Waals surface area contributed by atoms with Crippen LogP contribution in [0, 0.1) is 12.7 Å². The Morgan fingerprint density at radius 3 is 2.67 bits per heavy atom. The average molecular weight is 289 g/mol. The van der Waals surface area contributed by atoms with Crippen molar-refractivity contribution < 1.29 is 13.9 Å². The fourth-order valence-electron chi connectivity index (χ4n) is 2.04. The van der Waals surface area contributed by atoms with Gasteiger partial charge in [0.2, 0.25) is 0 Å². The lowest BCUT2D eigenvalue weighted by Gasteiger charge is -2.15. The van der Waals surface area contributed by atoms with Crippen molar-refractivity contribution >= 4 is 0 Å². The molecule has 0 amide bonds. The highest BCUT2D eigenvalue weighted by molar-refractivity contribution is 5.47. The van der Waals surface area contributed by atoms with E-state index in [2.05, 4.69) is 5.32 Å². The smallest absolute Gasteiger partial charge is 0.169 e. The van der Waals surface area contributed by atoms with E-state index in [1.807, 2.05) is 32.0 Å². The molecule has 0 fully saturated rings. The van der Waals surface area contributed by atoms with Crippen LogP contribution in [-0.4, -0.2) is 13.7 Å². The molecule has 0 aromatic heterocycles. The van der Waals surface area contributed by atoms with E-state index in [-0.39, 0.29) is 11.6 Å². The van der Waals surface area contributed by atoms with E-state index >= 15 is 0 Å². The molecule has 0 saturated carbocycles. The van der Waals surface area contributed by atoms with E-state index in [0.717, 1.165) is 17.7 Å². The van der Waals surface area contributed by atoms with Gasteiger partial charge in [0.25, 0.3) is 0 Å². The summed E-state index contributed by atoms with van der Waals surface area (Å²) in [5.74, 6) is 0.951. The normalized spacial score (nSPS) is 10.5. The summed E-state index contributed by atoms with van der Waals surface area (Å²) in [6, 6.07) is 10.5. The van der Waals surface area contributed by atoms with E-state index < -0.39 is 0 Å². The summed E-state index contributed by atoms with van der Waals surface area (Å²) in [4.78, 5) is 0. The third-order valence-corrected chi connectivity index (χ3v) is 3.15. The Kier molecular flexibility index (Phi) is 5.17. The van der Waals surface area contributed by atoms with Crippen molar-refractivity contribution in [1.29, 1.82) is 0 Å². The maximum Gasteiger partial charge on any atom is 0.169 e. The number of hydrogen-bond acceptors (Lipinski definition) is 3. The van der Waals surface area contributed by atoms with Crippen LogP contribution in [0.2, 0.25) is 0 Å². The predicted molar refractivity (Wildman–Crippen MR) is 81.6 cm³/mol. The van der Waals surface area contributed by atoms with E-state index in [4.69, 9.17) is 9.47 Å². The van der Waals surface area contributed by atoms with Crippen molar-refractivity contribution in [3.05, 3.63) is 53.3 Å². The molecule has 2 rings (SSSR count). The SMILES string of the molecule is CCNCc1cccc(F)c1Oc1ccc(C)cc1OC. The Labute approximate surface area is 124 Å². The monoisotopic (exact) mass is 289 g/mol. The van der Waals surface area contributed by atoms with Crippen LogP contribution in [0.5, 0.6) is 17.2 Å². The summed E-state index contributed by atoms with van der Waals surface area (Å²) >= 11 is 0. The number of para-hydroxylation sites is 1. The highest BCUT2D eigenvalue weighted by Crippen LogP contribution is 2.35. The number of rotatable bonds is 6. The molecule has 4 heteroatoms. The summed E-state index contributed by atoms with van der Waals surface area (Å²) in [6.45, 7) is 5.33. The van der Waals surface area contributed by atoms with Crippen molar-refractivity contribution in [2.75, 3.05) is 13.7 Å². The molecule has 0 saturated heterocycles. The van der Waals surface area contributed by atoms with Gasteiger partial charge in [-0.05, 0) is 37.2 Å². The summed E-state index contributed by atoms with van der Waals surface area (Å²) < 4.78 is 25.2. The molecule has 0 bridgehead atoms. The van der Waals surface area contributed by atoms with Gasteiger partial charge in [0.15, 0.2) is 23.1 Å². The van der Waals surface area contributed by atoms with Crippen LogP contribution in [0.25, 0.3) is 0 Å². The maximum absolute atomic E-state index is 14.1. The average Bonchev–Trinajstić information content (AvgIpc) is 2.49. The maximum atomic E-state index is 14.1. The van der Waals surface area contributed by atoms with Gasteiger partial charge in [-0.25, -0.2) is 4.39 Å². The molecule has 0 aliphatic heterocycles. The minimum absolute atomic E-state index is 0.237. The largest absolute Gasteiger partial charge is 0.493 e. The molecule has 112 valence electrons. The summed E-state index contributed by atoms with van der Waals surface area (Å²) in [7, 11) is 1.57. The summed E-state index contributed by atoms with van der Waals surface area (Å²) in [5.41, 5.74) is 1.83. The van der Waals surface area contributed by atoms with Crippen molar-refractivity contribution in [3.8, 4) is 17.2 Å². The molecule has 3 nitrogen and oxygen atoms in total. The second-order valence-corrected chi connectivity index (χ2v) is 4.76. The zero-order valence-electron chi connectivity index (χ0n) is 12.6. The van der Waals surface area contributed by atoms with Crippen molar-refractivity contribution in [1.82, 2.24) is 5.32 Å². The molecule has 0 atom stereocenters. The van der Waals surface area contributed by atoms with Gasteiger partial charge >= 0.3 is 0 Å². The lowest BCUT2D eigenvalue weighted by atomic mass is 10.2. The van der Waals surface area contributed by atoms with Gasteiger partial charge < -0.3 is 14.8 Å². The number of halogens is 1. The molecule has 0 radical (unpaired) electrons. The second-order valence-electron chi connectivity index (χ2n) is 4.76. The summed E-state index contributed by atoms with van der Waals surface area (Å²) in [5, 5.41) is 3.18. The Hall–Kier alpha value is -2.07. The number of aryl methyl sites for hydroxylation is 1. The fourth-order valence-corrected chi connectivity index (χ4v) is 2.04. The zero-order chi connectivity index (χ0) is 15.2. The van der Waals surface area contributed by atoms with E-state index in [0.29, 0.717) is 18.0 Å². The van der Waals surface area contributed by atoms with Gasteiger partial charge in [-0.2, -0.15) is 0 Å². The van der Waals surface area contributed by atoms with Crippen LogP contribution in [0.4, 0.5) is 4.39 Å². The molecular formula is C17H20FNO2. The second kappa shape index (κ2) is 7.09. The van der Waals surface area contributed by atoms with Gasteiger partial charge in [0.1, 0.15) is 0 Å². The van der Waals surface area contributed by atoms with Gasteiger partial charge in [-0.15, -0.1) is 0 Å². The van der Waals surface area contributed by atoms with E-state index in [1.165, 1.54) is 6.07 Å². The Bertz CT molecular complexity index is 614. The highest BCUT2D eigenvalue weighted by atomic mass is 19.1. The van der Waals surface area contributed by atoms with Gasteiger partial charge in [-0.1, -0.05) is 25.1 Å². The van der Waals surface area contributed by atoms with E-state index in [1.54, 1.807) is 19.2 Å². The standard InChI is InChI=1S/C17H20FNO2/c1-4-19-11-13-6-5-7-14(18)17(13)21-15-9-8-12(2)10-16(15)20-3/h5-10,19H,4,11H2,1-3H3. The molecule has 0 unspecified atom stereocenters. The summed E-state index contributed by atoms with van der Waals surface area (Å²) in [6.07, 6.45) is 0. The highest BCUT2D eigenvalue weighted by Gasteiger charge is 2.13. The third-order valence-electron chi connectivity index (χ3n) is 3.15. The number of nitrogens with one attached hydrogen (secondary N) is 1. The number of ether oxygens (including phenoxy) is 2. The first-order chi connectivity index (χ1) is 10.2. The lowest BCUT2D eigenvalue weighted by Crippen LogP contribution is -2.12. The first-order valence-corrected chi connectivity index (χ1v) is 6.96. The van der Waals surface area contributed by atoms with Crippen LogP contribution < -0.4 is 14.8 Å². The lowest BCUT2D eigenvalue weighted by molar-refractivity contribution is 0.368. The van der Waals surface area contributed by atoms with Crippen molar-refractivity contribution in [2.24, 2.45) is 0 Å². The Morgan fingerprint density at radius 2 is 1.95 bits per heavy atom. The van der Waals surface area contributed by atoms with Gasteiger partial charge in [0.05, 0.1) is 7.11 Å². The number of methoxy groups -OCH3 is 1. The topological polar surface area (TPSA) is 30.5 Å². The zero-order valence-corrected chi connectivity index (χ0v) is 12.6. The number of benzene rings is 2. The predicted octanol–water partition coefficient (Wildman–Crippen LogP) is 4.04. The minimum Gasteiger partial charge on any atom is -0.493 e. The Morgan fingerprint density at radius 1 is 1.14 bits per heavy atom. The first-order valence-electron chi connectivity index (χ1n) is 6.96. The number of hydrogen-bond donors (Lipinski definition) is 1. The molecule has 2 aromatic carbocycles. The van der Waals surface area contributed by atoms with Gasteiger partial charge in [0, 0.05) is 12.1 Å². The van der Waals surface area contributed by atoms with Crippen LogP contribution in [0.3, 0.4) is 0 Å². The Balaban J connectivity index is 2.34. The molecule has 0 heterocycles. The van der Waals surface area contributed by atoms with Crippen LogP contribution in [-0.2, 0) is 6.54 Å². The van der Waals surface area contributed by atoms with Gasteiger partial charge in [-0.3, -0.25) is 0 Å². The molecule has 21 heavy (non-hydrogen) atoms. The molecular weight excluding hydrogens is 269 g/mol. The minimum atomic E-state index is -0.381. The van der Waals surface area contributed by atoms with Crippen LogP contribution in [0.15, 0.2) is 36.4 Å². The third kappa shape index (κ3) is 3.73. The first kappa shape index (κ1) is 15.3. The molecule has 0 aliphatic carbocycles. The van der Waals surface area contributed by atoms with Crippen LogP contribution in [0.1, 0.15) is 18.1 Å². The molecule has 1 N–H and O–H groups in total. The fraction of sp³-hybridized carbons (Fsp3) is 0.294. The van der Waals surface area contributed by atoms with E-state index in [9.17, 15) is 4.39 Å². The molecule has 0 spiro atoms. The van der Waals surface area contributed by atoms with Crippen molar-refractivity contribution in [2.45, 2.75) is 20.4 Å². The molecule has 2 aromatic rings. The quantitative estimate of drug-likeness (QED) is 0.870.